The van der Waals surface area contributed by atoms with Crippen LogP contribution in [0.1, 0.15) is 19.9 Å². The van der Waals surface area contributed by atoms with Crippen molar-refractivity contribution < 1.29 is 0 Å². The zero-order valence-corrected chi connectivity index (χ0v) is 9.81. The van der Waals surface area contributed by atoms with E-state index in [9.17, 15) is 0 Å². The third-order valence-corrected chi connectivity index (χ3v) is 2.56. The van der Waals surface area contributed by atoms with Gasteiger partial charge in [0.1, 0.15) is 6.33 Å². The van der Waals surface area contributed by atoms with Crippen molar-refractivity contribution in [1.29, 1.82) is 0 Å². The van der Waals surface area contributed by atoms with E-state index in [1.165, 1.54) is 0 Å². The Labute approximate surface area is 95.3 Å². The summed E-state index contributed by atoms with van der Waals surface area (Å²) in [5.74, 6) is 0.914. The van der Waals surface area contributed by atoms with Crippen LogP contribution < -0.4 is 5.32 Å². The minimum atomic E-state index is 0.369. The summed E-state index contributed by atoms with van der Waals surface area (Å²) in [7, 11) is 1.91. The van der Waals surface area contributed by atoms with Crippen LogP contribution in [-0.2, 0) is 0 Å². The maximum Gasteiger partial charge on any atom is 0.163 e. The van der Waals surface area contributed by atoms with Crippen molar-refractivity contribution in [3.8, 4) is 11.4 Å². The second kappa shape index (κ2) is 4.35. The van der Waals surface area contributed by atoms with Crippen molar-refractivity contribution >= 4 is 5.69 Å². The van der Waals surface area contributed by atoms with E-state index < -0.39 is 0 Å². The smallest absolute Gasteiger partial charge is 0.163 e. The number of hydrogen-bond donors (Lipinski definition) is 1. The number of nitrogens with one attached hydrogen (secondary N) is 1. The lowest BCUT2D eigenvalue weighted by atomic mass is 10.2. The second-order valence-corrected chi connectivity index (χ2v) is 3.98. The summed E-state index contributed by atoms with van der Waals surface area (Å²) < 4.78 is 2.06. The largest absolute Gasteiger partial charge is 0.388 e. The first kappa shape index (κ1) is 10.7. The predicted molar refractivity (Wildman–Crippen MR) is 65.4 cm³/mol. The Bertz CT molecular complexity index is 456. The highest BCUT2D eigenvalue weighted by atomic mass is 15.3. The molecule has 1 aromatic heterocycles. The lowest BCUT2D eigenvalue weighted by Gasteiger charge is -2.10. The van der Waals surface area contributed by atoms with Crippen molar-refractivity contribution in [2.45, 2.75) is 19.9 Å². The van der Waals surface area contributed by atoms with E-state index in [0.717, 1.165) is 17.1 Å². The van der Waals surface area contributed by atoms with Gasteiger partial charge in [-0.3, -0.25) is 0 Å². The van der Waals surface area contributed by atoms with Crippen molar-refractivity contribution in [1.82, 2.24) is 14.8 Å². The fourth-order valence-electron chi connectivity index (χ4n) is 1.61. The van der Waals surface area contributed by atoms with Gasteiger partial charge in [-0.15, -0.1) is 10.2 Å². The first-order valence-corrected chi connectivity index (χ1v) is 5.40. The molecule has 4 heteroatoms. The van der Waals surface area contributed by atoms with E-state index in [0.29, 0.717) is 6.04 Å². The molecule has 0 spiro atoms. The van der Waals surface area contributed by atoms with Crippen LogP contribution in [-0.4, -0.2) is 21.8 Å². The minimum Gasteiger partial charge on any atom is -0.388 e. The van der Waals surface area contributed by atoms with Gasteiger partial charge in [0.2, 0.25) is 0 Å². The molecule has 2 rings (SSSR count). The summed E-state index contributed by atoms with van der Waals surface area (Å²) in [6.07, 6.45) is 1.77. The molecule has 0 unspecified atom stereocenters. The van der Waals surface area contributed by atoms with Gasteiger partial charge < -0.3 is 9.88 Å². The highest BCUT2D eigenvalue weighted by Gasteiger charge is 2.08. The maximum atomic E-state index is 4.16. The average molecular weight is 216 g/mol. The number of hydrogen-bond acceptors (Lipinski definition) is 3. The first-order chi connectivity index (χ1) is 7.72. The Hall–Kier alpha value is -1.84. The van der Waals surface area contributed by atoms with Crippen LogP contribution in [0.25, 0.3) is 11.4 Å². The van der Waals surface area contributed by atoms with Gasteiger partial charge in [-0.25, -0.2) is 0 Å². The van der Waals surface area contributed by atoms with E-state index >= 15 is 0 Å². The lowest BCUT2D eigenvalue weighted by Crippen LogP contribution is -2.01. The Balaban J connectivity index is 2.38. The van der Waals surface area contributed by atoms with Gasteiger partial charge in [0, 0.05) is 24.3 Å². The molecule has 0 saturated carbocycles. The van der Waals surface area contributed by atoms with E-state index in [4.69, 9.17) is 0 Å². The molecule has 84 valence electrons. The van der Waals surface area contributed by atoms with Gasteiger partial charge in [-0.05, 0) is 38.1 Å². The number of rotatable bonds is 3. The fourth-order valence-corrected chi connectivity index (χ4v) is 1.61. The summed E-state index contributed by atoms with van der Waals surface area (Å²) in [4.78, 5) is 0. The molecule has 16 heavy (non-hydrogen) atoms. The molecule has 1 heterocycles. The van der Waals surface area contributed by atoms with E-state index in [2.05, 4.69) is 46.1 Å². The van der Waals surface area contributed by atoms with Gasteiger partial charge in [0.05, 0.1) is 0 Å². The Kier molecular flexibility index (Phi) is 2.90. The molecule has 4 nitrogen and oxygen atoms in total. The summed E-state index contributed by atoms with van der Waals surface area (Å²) in [5, 5.41) is 11.2. The van der Waals surface area contributed by atoms with Crippen molar-refractivity contribution in [2.24, 2.45) is 0 Å². The molecule has 0 saturated heterocycles. The number of anilines is 1. The predicted octanol–water partition coefficient (Wildman–Crippen LogP) is 2.57. The molecule has 0 atom stereocenters. The molecule has 1 aromatic carbocycles. The SMILES string of the molecule is CNc1ccc(-c2nncn2C(C)C)cc1. The van der Waals surface area contributed by atoms with Crippen LogP contribution >= 0.6 is 0 Å². The molecular formula is C12H16N4. The normalized spacial score (nSPS) is 10.8. The Morgan fingerprint density at radius 3 is 2.44 bits per heavy atom. The molecule has 0 radical (unpaired) electrons. The maximum absolute atomic E-state index is 4.16. The first-order valence-electron chi connectivity index (χ1n) is 5.40. The third kappa shape index (κ3) is 1.91. The second-order valence-electron chi connectivity index (χ2n) is 3.98. The van der Waals surface area contributed by atoms with Crippen LogP contribution in [0.3, 0.4) is 0 Å². The molecule has 0 amide bonds. The summed E-state index contributed by atoms with van der Waals surface area (Å²) in [6.45, 7) is 4.24. The lowest BCUT2D eigenvalue weighted by molar-refractivity contribution is 0.604. The molecular weight excluding hydrogens is 200 g/mol. The Morgan fingerprint density at radius 2 is 1.88 bits per heavy atom. The zero-order chi connectivity index (χ0) is 11.5. The van der Waals surface area contributed by atoms with Gasteiger partial charge >= 0.3 is 0 Å². The zero-order valence-electron chi connectivity index (χ0n) is 9.81. The Morgan fingerprint density at radius 1 is 1.19 bits per heavy atom. The molecule has 0 fully saturated rings. The molecule has 2 aromatic rings. The highest BCUT2D eigenvalue weighted by Crippen LogP contribution is 2.21. The van der Waals surface area contributed by atoms with Gasteiger partial charge in [-0.1, -0.05) is 0 Å². The van der Waals surface area contributed by atoms with Crippen LogP contribution in [0.4, 0.5) is 5.69 Å². The topological polar surface area (TPSA) is 42.7 Å². The van der Waals surface area contributed by atoms with Gasteiger partial charge in [0.25, 0.3) is 0 Å². The molecule has 0 bridgehead atoms. The summed E-state index contributed by atoms with van der Waals surface area (Å²) >= 11 is 0. The van der Waals surface area contributed by atoms with E-state index in [-0.39, 0.29) is 0 Å². The summed E-state index contributed by atoms with van der Waals surface area (Å²) in [6, 6.07) is 8.54. The number of nitrogens with zero attached hydrogens (tertiary/aromatic N) is 3. The van der Waals surface area contributed by atoms with E-state index in [1.54, 1.807) is 6.33 Å². The highest BCUT2D eigenvalue weighted by molar-refractivity contribution is 5.59. The van der Waals surface area contributed by atoms with Crippen LogP contribution in [0, 0.1) is 0 Å². The molecule has 0 aliphatic heterocycles. The monoisotopic (exact) mass is 216 g/mol. The quantitative estimate of drug-likeness (QED) is 0.857. The molecule has 0 aliphatic carbocycles. The number of benzene rings is 1. The summed E-state index contributed by atoms with van der Waals surface area (Å²) in [5.41, 5.74) is 2.18. The standard InChI is InChI=1S/C12H16N4/c1-9(2)16-8-14-15-12(16)10-4-6-11(13-3)7-5-10/h4-9,13H,1-3H3. The average Bonchev–Trinajstić information content (AvgIpc) is 2.78. The van der Waals surface area contributed by atoms with Gasteiger partial charge in [0.15, 0.2) is 5.82 Å². The number of aromatic nitrogens is 3. The third-order valence-electron chi connectivity index (χ3n) is 2.56. The molecule has 1 N–H and O–H groups in total. The van der Waals surface area contributed by atoms with Crippen LogP contribution in [0.5, 0.6) is 0 Å². The minimum absolute atomic E-state index is 0.369. The van der Waals surface area contributed by atoms with Crippen molar-refractivity contribution in [2.75, 3.05) is 12.4 Å². The van der Waals surface area contributed by atoms with Crippen molar-refractivity contribution in [3.05, 3.63) is 30.6 Å². The van der Waals surface area contributed by atoms with Gasteiger partial charge in [-0.2, -0.15) is 0 Å². The fraction of sp³-hybridized carbons (Fsp3) is 0.333. The molecule has 0 aliphatic rings. The van der Waals surface area contributed by atoms with E-state index in [1.807, 2.05) is 19.2 Å². The van der Waals surface area contributed by atoms with Crippen LogP contribution in [0.15, 0.2) is 30.6 Å². The van der Waals surface area contributed by atoms with Crippen molar-refractivity contribution in [3.63, 3.8) is 0 Å². The van der Waals surface area contributed by atoms with Crippen LogP contribution in [0.2, 0.25) is 0 Å².